The molecule has 2 atom stereocenters. The fraction of sp³-hybridized carbons (Fsp3) is 0.444. The first-order valence-electron chi connectivity index (χ1n) is 7.65. The molecule has 0 aromatic carbocycles. The van der Waals surface area contributed by atoms with Crippen LogP contribution >= 0.6 is 0 Å². The summed E-state index contributed by atoms with van der Waals surface area (Å²) in [5.74, 6) is -0.717. The molecule has 1 aliphatic carbocycles. The van der Waals surface area contributed by atoms with Crippen LogP contribution in [0, 0.1) is 0 Å². The SMILES string of the molecule is CC=CC=CC(=O)OC1CCCC(OC(=O)C=CC=CC)C1. The molecule has 1 rings (SSSR count). The number of rotatable bonds is 6. The highest BCUT2D eigenvalue weighted by molar-refractivity contribution is 5.83. The third kappa shape index (κ3) is 7.62. The molecule has 0 amide bonds. The van der Waals surface area contributed by atoms with Crippen molar-refractivity contribution < 1.29 is 19.1 Å². The van der Waals surface area contributed by atoms with E-state index < -0.39 is 0 Å². The van der Waals surface area contributed by atoms with Gasteiger partial charge in [0.2, 0.25) is 0 Å². The summed E-state index contributed by atoms with van der Waals surface area (Å²) in [6.07, 6.45) is 16.0. The summed E-state index contributed by atoms with van der Waals surface area (Å²) in [4.78, 5) is 23.2. The van der Waals surface area contributed by atoms with Gasteiger partial charge in [-0.05, 0) is 33.1 Å². The summed E-state index contributed by atoms with van der Waals surface area (Å²) >= 11 is 0. The third-order valence-electron chi connectivity index (χ3n) is 3.22. The molecule has 0 radical (unpaired) electrons. The lowest BCUT2D eigenvalue weighted by Crippen LogP contribution is -2.30. The second kappa shape index (κ2) is 10.6. The largest absolute Gasteiger partial charge is 0.459 e. The number of carbonyl (C=O) groups excluding carboxylic acids is 2. The van der Waals surface area contributed by atoms with Crippen LogP contribution in [0.2, 0.25) is 0 Å². The molecule has 0 aromatic heterocycles. The van der Waals surface area contributed by atoms with Gasteiger partial charge in [-0.1, -0.05) is 36.5 Å². The highest BCUT2D eigenvalue weighted by atomic mass is 16.6. The summed E-state index contributed by atoms with van der Waals surface area (Å²) in [6.45, 7) is 3.75. The number of esters is 2. The minimum absolute atomic E-state index is 0.186. The van der Waals surface area contributed by atoms with Gasteiger partial charge in [0.25, 0.3) is 0 Å². The zero-order chi connectivity index (χ0) is 16.2. The van der Waals surface area contributed by atoms with E-state index in [1.165, 1.54) is 12.2 Å². The van der Waals surface area contributed by atoms with E-state index in [0.29, 0.717) is 6.42 Å². The lowest BCUT2D eigenvalue weighted by Gasteiger charge is -2.28. The van der Waals surface area contributed by atoms with Gasteiger partial charge in [0.15, 0.2) is 0 Å². The van der Waals surface area contributed by atoms with Crippen molar-refractivity contribution in [3.63, 3.8) is 0 Å². The van der Waals surface area contributed by atoms with Crippen LogP contribution in [0.4, 0.5) is 0 Å². The van der Waals surface area contributed by atoms with Gasteiger partial charge < -0.3 is 9.47 Å². The first-order chi connectivity index (χ1) is 10.7. The maximum absolute atomic E-state index is 11.6. The van der Waals surface area contributed by atoms with Crippen LogP contribution in [0.25, 0.3) is 0 Å². The molecule has 120 valence electrons. The Kier molecular flexibility index (Phi) is 8.65. The molecular weight excluding hydrogens is 280 g/mol. The van der Waals surface area contributed by atoms with E-state index in [1.54, 1.807) is 24.3 Å². The Morgan fingerprint density at radius 1 is 0.818 bits per heavy atom. The molecule has 4 nitrogen and oxygen atoms in total. The molecule has 1 saturated carbocycles. The summed E-state index contributed by atoms with van der Waals surface area (Å²) in [7, 11) is 0. The topological polar surface area (TPSA) is 52.6 Å². The summed E-state index contributed by atoms with van der Waals surface area (Å²) < 4.78 is 10.7. The van der Waals surface area contributed by atoms with Gasteiger partial charge in [-0.25, -0.2) is 9.59 Å². The molecule has 0 aromatic rings. The van der Waals surface area contributed by atoms with E-state index in [1.807, 2.05) is 26.0 Å². The van der Waals surface area contributed by atoms with Gasteiger partial charge in [0, 0.05) is 18.6 Å². The molecule has 0 aliphatic heterocycles. The van der Waals surface area contributed by atoms with Crippen molar-refractivity contribution in [3.05, 3.63) is 48.6 Å². The van der Waals surface area contributed by atoms with Crippen molar-refractivity contribution in [2.75, 3.05) is 0 Å². The zero-order valence-electron chi connectivity index (χ0n) is 13.2. The Bertz CT molecular complexity index is 429. The van der Waals surface area contributed by atoms with Crippen LogP contribution in [0.5, 0.6) is 0 Å². The molecule has 0 heterocycles. The second-order valence-electron chi connectivity index (χ2n) is 5.05. The van der Waals surface area contributed by atoms with Crippen molar-refractivity contribution in [1.82, 2.24) is 0 Å². The molecule has 4 heteroatoms. The number of ether oxygens (including phenoxy) is 2. The van der Waals surface area contributed by atoms with E-state index in [-0.39, 0.29) is 24.1 Å². The summed E-state index contributed by atoms with van der Waals surface area (Å²) in [6, 6.07) is 0. The summed E-state index contributed by atoms with van der Waals surface area (Å²) in [5, 5.41) is 0. The molecule has 1 fully saturated rings. The molecule has 0 spiro atoms. The van der Waals surface area contributed by atoms with Gasteiger partial charge in [0.05, 0.1) is 0 Å². The maximum Gasteiger partial charge on any atom is 0.331 e. The molecule has 2 unspecified atom stereocenters. The first kappa shape index (κ1) is 18.0. The van der Waals surface area contributed by atoms with Crippen LogP contribution < -0.4 is 0 Å². The van der Waals surface area contributed by atoms with Gasteiger partial charge in [-0.3, -0.25) is 0 Å². The van der Waals surface area contributed by atoms with Crippen LogP contribution in [0.1, 0.15) is 39.5 Å². The average Bonchev–Trinajstić information content (AvgIpc) is 2.48. The Morgan fingerprint density at radius 3 is 1.68 bits per heavy atom. The highest BCUT2D eigenvalue weighted by Gasteiger charge is 2.26. The van der Waals surface area contributed by atoms with Crippen molar-refractivity contribution in [2.45, 2.75) is 51.7 Å². The zero-order valence-corrected chi connectivity index (χ0v) is 13.2. The van der Waals surface area contributed by atoms with Crippen LogP contribution in [-0.4, -0.2) is 24.1 Å². The highest BCUT2D eigenvalue weighted by Crippen LogP contribution is 2.24. The molecule has 0 bridgehead atoms. The van der Waals surface area contributed by atoms with E-state index in [0.717, 1.165) is 19.3 Å². The maximum atomic E-state index is 11.6. The molecule has 0 saturated heterocycles. The lowest BCUT2D eigenvalue weighted by molar-refractivity contribution is -0.152. The van der Waals surface area contributed by atoms with Crippen molar-refractivity contribution in [2.24, 2.45) is 0 Å². The van der Waals surface area contributed by atoms with Gasteiger partial charge in [-0.2, -0.15) is 0 Å². The first-order valence-corrected chi connectivity index (χ1v) is 7.65. The molecule has 1 aliphatic rings. The van der Waals surface area contributed by atoms with Gasteiger partial charge >= 0.3 is 11.9 Å². The van der Waals surface area contributed by atoms with E-state index >= 15 is 0 Å². The summed E-state index contributed by atoms with van der Waals surface area (Å²) in [5.41, 5.74) is 0. The number of hydrogen-bond acceptors (Lipinski definition) is 4. The molecule has 0 N–H and O–H groups in total. The molecular formula is C18H24O4. The normalized spacial score (nSPS) is 22.8. The van der Waals surface area contributed by atoms with Crippen molar-refractivity contribution in [3.8, 4) is 0 Å². The van der Waals surface area contributed by atoms with Gasteiger partial charge in [-0.15, -0.1) is 0 Å². The van der Waals surface area contributed by atoms with Gasteiger partial charge in [0.1, 0.15) is 12.2 Å². The average molecular weight is 304 g/mol. The number of carbonyl (C=O) groups is 2. The Balaban J connectivity index is 2.41. The fourth-order valence-corrected chi connectivity index (χ4v) is 2.21. The smallest absolute Gasteiger partial charge is 0.331 e. The standard InChI is InChI=1S/C18H24O4/c1-3-5-7-12-17(19)21-15-10-9-11-16(14-15)22-18(20)13-8-6-4-2/h3-8,12-13,15-16H,9-11,14H2,1-2H3. The lowest BCUT2D eigenvalue weighted by atomic mass is 9.95. The Hall–Kier alpha value is -2.10. The van der Waals surface area contributed by atoms with Crippen LogP contribution in [0.3, 0.4) is 0 Å². The second-order valence-corrected chi connectivity index (χ2v) is 5.05. The predicted molar refractivity (Wildman–Crippen MR) is 86.1 cm³/mol. The van der Waals surface area contributed by atoms with E-state index in [9.17, 15) is 9.59 Å². The minimum atomic E-state index is -0.358. The minimum Gasteiger partial charge on any atom is -0.459 e. The third-order valence-corrected chi connectivity index (χ3v) is 3.22. The van der Waals surface area contributed by atoms with Crippen molar-refractivity contribution >= 4 is 11.9 Å². The van der Waals surface area contributed by atoms with Crippen LogP contribution in [0.15, 0.2) is 48.6 Å². The fourth-order valence-electron chi connectivity index (χ4n) is 2.21. The molecule has 22 heavy (non-hydrogen) atoms. The Morgan fingerprint density at radius 2 is 1.27 bits per heavy atom. The number of hydrogen-bond donors (Lipinski definition) is 0. The Labute approximate surface area is 132 Å². The van der Waals surface area contributed by atoms with E-state index in [2.05, 4.69) is 0 Å². The van der Waals surface area contributed by atoms with Crippen LogP contribution in [-0.2, 0) is 19.1 Å². The quantitative estimate of drug-likeness (QED) is 0.427. The monoisotopic (exact) mass is 304 g/mol. The van der Waals surface area contributed by atoms with Crippen molar-refractivity contribution in [1.29, 1.82) is 0 Å². The number of allylic oxidation sites excluding steroid dienone is 6. The van der Waals surface area contributed by atoms with E-state index in [4.69, 9.17) is 9.47 Å². The predicted octanol–water partition coefficient (Wildman–Crippen LogP) is 3.65.